The Morgan fingerprint density at radius 2 is 2.20 bits per heavy atom. The maximum atomic E-state index is 12.0. The number of benzene rings is 1. The van der Waals surface area contributed by atoms with Crippen molar-refractivity contribution in [1.82, 2.24) is 5.32 Å². The van der Waals surface area contributed by atoms with Crippen molar-refractivity contribution in [2.75, 3.05) is 6.54 Å². The van der Waals surface area contributed by atoms with E-state index >= 15 is 0 Å². The molecule has 2 heteroatoms. The van der Waals surface area contributed by atoms with Gasteiger partial charge in [0, 0.05) is 6.42 Å². The van der Waals surface area contributed by atoms with E-state index in [0.29, 0.717) is 12.2 Å². The van der Waals surface area contributed by atoms with Crippen molar-refractivity contribution in [3.8, 4) is 0 Å². The molecule has 1 heterocycles. The van der Waals surface area contributed by atoms with Crippen LogP contribution in [0.1, 0.15) is 30.9 Å². The summed E-state index contributed by atoms with van der Waals surface area (Å²) in [5.74, 6) is 0.305. The first-order valence-electron chi connectivity index (χ1n) is 5.48. The first kappa shape index (κ1) is 10.4. The molecule has 1 atom stereocenters. The third-order valence-electron chi connectivity index (χ3n) is 3.21. The molecule has 2 nitrogen and oxygen atoms in total. The van der Waals surface area contributed by atoms with Crippen molar-refractivity contribution in [3.05, 3.63) is 35.4 Å². The van der Waals surface area contributed by atoms with Crippen LogP contribution in [-0.4, -0.2) is 12.3 Å². The number of ketones is 1. The Kier molecular flexibility index (Phi) is 2.61. The highest BCUT2D eigenvalue weighted by molar-refractivity contribution is 5.90. The second kappa shape index (κ2) is 3.78. The van der Waals surface area contributed by atoms with Gasteiger partial charge in [-0.3, -0.25) is 4.79 Å². The molecule has 1 saturated heterocycles. The van der Waals surface area contributed by atoms with Gasteiger partial charge in [0.15, 0.2) is 5.78 Å². The lowest BCUT2D eigenvalue weighted by Crippen LogP contribution is -2.50. The van der Waals surface area contributed by atoms with Gasteiger partial charge in [0.25, 0.3) is 0 Å². The fourth-order valence-electron chi connectivity index (χ4n) is 2.16. The predicted octanol–water partition coefficient (Wildman–Crippen LogP) is 2.16. The number of hydrogen-bond acceptors (Lipinski definition) is 2. The van der Waals surface area contributed by atoms with E-state index in [4.69, 9.17) is 0 Å². The van der Waals surface area contributed by atoms with Gasteiger partial charge in [-0.05, 0) is 32.4 Å². The molecule has 1 fully saturated rings. The van der Waals surface area contributed by atoms with Crippen LogP contribution in [-0.2, 0) is 10.3 Å². The number of aryl methyl sites for hydroxylation is 1. The summed E-state index contributed by atoms with van der Waals surface area (Å²) in [6.07, 6.45) is 1.65. The zero-order valence-electron chi connectivity index (χ0n) is 9.34. The van der Waals surface area contributed by atoms with Crippen molar-refractivity contribution in [1.29, 1.82) is 0 Å². The smallest absolute Gasteiger partial charge is 0.157 e. The topological polar surface area (TPSA) is 29.1 Å². The summed E-state index contributed by atoms with van der Waals surface area (Å²) in [6, 6.07) is 8.19. The van der Waals surface area contributed by atoms with Crippen LogP contribution in [0.2, 0.25) is 0 Å². The molecule has 0 aliphatic carbocycles. The fourth-order valence-corrected chi connectivity index (χ4v) is 2.16. The molecule has 0 spiro atoms. The van der Waals surface area contributed by atoms with Crippen LogP contribution in [0.5, 0.6) is 0 Å². The Labute approximate surface area is 90.7 Å². The van der Waals surface area contributed by atoms with Gasteiger partial charge in [0.1, 0.15) is 5.54 Å². The summed E-state index contributed by atoms with van der Waals surface area (Å²) in [7, 11) is 0. The normalized spacial score (nSPS) is 26.7. The lowest BCUT2D eigenvalue weighted by molar-refractivity contribution is -0.126. The Balaban J connectivity index is 2.39. The van der Waals surface area contributed by atoms with E-state index in [1.807, 2.05) is 19.1 Å². The van der Waals surface area contributed by atoms with Gasteiger partial charge in [0.2, 0.25) is 0 Å². The van der Waals surface area contributed by atoms with Crippen molar-refractivity contribution in [3.63, 3.8) is 0 Å². The van der Waals surface area contributed by atoms with Crippen LogP contribution in [0, 0.1) is 6.92 Å². The fraction of sp³-hybridized carbons (Fsp3) is 0.462. The van der Waals surface area contributed by atoms with E-state index in [0.717, 1.165) is 18.5 Å². The minimum atomic E-state index is -0.468. The molecule has 15 heavy (non-hydrogen) atoms. The van der Waals surface area contributed by atoms with Crippen LogP contribution in [0.25, 0.3) is 0 Å². The Bertz CT molecular complexity index is 386. The second-order valence-corrected chi connectivity index (χ2v) is 4.45. The number of nitrogens with one attached hydrogen (secondary N) is 1. The van der Waals surface area contributed by atoms with Crippen LogP contribution >= 0.6 is 0 Å². The molecule has 80 valence electrons. The largest absolute Gasteiger partial charge is 0.301 e. The molecule has 1 aliphatic rings. The quantitative estimate of drug-likeness (QED) is 0.757. The van der Waals surface area contributed by atoms with Crippen molar-refractivity contribution < 1.29 is 4.79 Å². The number of Topliss-reactive ketones (excluding diaryl/α,β-unsaturated/α-hetero) is 1. The first-order chi connectivity index (χ1) is 7.13. The monoisotopic (exact) mass is 203 g/mol. The molecular formula is C13H17NO. The molecule has 0 radical (unpaired) electrons. The van der Waals surface area contributed by atoms with Gasteiger partial charge in [-0.25, -0.2) is 0 Å². The van der Waals surface area contributed by atoms with E-state index < -0.39 is 5.54 Å². The number of carbonyl (C=O) groups excluding carboxylic acids is 1. The maximum Gasteiger partial charge on any atom is 0.157 e. The van der Waals surface area contributed by atoms with Crippen molar-refractivity contribution in [2.24, 2.45) is 0 Å². The predicted molar refractivity (Wildman–Crippen MR) is 60.8 cm³/mol. The summed E-state index contributed by atoms with van der Waals surface area (Å²) in [6.45, 7) is 4.97. The average molecular weight is 203 g/mol. The lowest BCUT2D eigenvalue weighted by Gasteiger charge is -2.34. The van der Waals surface area contributed by atoms with Crippen molar-refractivity contribution in [2.45, 2.75) is 32.2 Å². The summed E-state index contributed by atoms with van der Waals surface area (Å²) in [5, 5.41) is 3.34. The highest BCUT2D eigenvalue weighted by Crippen LogP contribution is 2.27. The highest BCUT2D eigenvalue weighted by atomic mass is 16.1. The molecule has 1 aromatic rings. The summed E-state index contributed by atoms with van der Waals surface area (Å²) in [4.78, 5) is 12.0. The van der Waals surface area contributed by atoms with Gasteiger partial charge >= 0.3 is 0 Å². The molecule has 2 rings (SSSR count). The number of rotatable bonds is 1. The minimum Gasteiger partial charge on any atom is -0.301 e. The van der Waals surface area contributed by atoms with Crippen LogP contribution in [0.4, 0.5) is 0 Å². The van der Waals surface area contributed by atoms with E-state index in [9.17, 15) is 4.79 Å². The van der Waals surface area contributed by atoms with Gasteiger partial charge in [-0.2, -0.15) is 0 Å². The van der Waals surface area contributed by atoms with Crippen molar-refractivity contribution >= 4 is 5.78 Å². The van der Waals surface area contributed by atoms with E-state index in [-0.39, 0.29) is 0 Å². The van der Waals surface area contributed by atoms with E-state index in [1.54, 1.807) is 0 Å². The number of piperidine rings is 1. The summed E-state index contributed by atoms with van der Waals surface area (Å²) < 4.78 is 0. The molecule has 0 amide bonds. The molecule has 0 aromatic heterocycles. The standard InChI is InChI=1S/C13H17NO/c1-10-5-3-6-11(9-10)13(2)12(15)7-4-8-14-13/h3,5-6,9,14H,4,7-8H2,1-2H3. The molecule has 1 aromatic carbocycles. The minimum absolute atomic E-state index is 0.305. The average Bonchev–Trinajstić information content (AvgIpc) is 2.23. The van der Waals surface area contributed by atoms with Gasteiger partial charge in [0.05, 0.1) is 0 Å². The SMILES string of the molecule is Cc1cccc(C2(C)NCCCC2=O)c1. The molecular weight excluding hydrogens is 186 g/mol. The molecule has 0 saturated carbocycles. The first-order valence-corrected chi connectivity index (χ1v) is 5.48. The highest BCUT2D eigenvalue weighted by Gasteiger charge is 2.36. The Morgan fingerprint density at radius 3 is 2.87 bits per heavy atom. The maximum absolute atomic E-state index is 12.0. The Morgan fingerprint density at radius 1 is 1.40 bits per heavy atom. The van der Waals surface area contributed by atoms with E-state index in [1.165, 1.54) is 5.56 Å². The Hall–Kier alpha value is -1.15. The molecule has 0 bridgehead atoms. The third-order valence-corrected chi connectivity index (χ3v) is 3.21. The molecule has 1 N–H and O–H groups in total. The van der Waals surface area contributed by atoms with Crippen LogP contribution in [0.3, 0.4) is 0 Å². The van der Waals surface area contributed by atoms with Gasteiger partial charge in [-0.15, -0.1) is 0 Å². The van der Waals surface area contributed by atoms with E-state index in [2.05, 4.69) is 24.4 Å². The lowest BCUT2D eigenvalue weighted by atomic mass is 9.82. The third kappa shape index (κ3) is 1.82. The summed E-state index contributed by atoms with van der Waals surface area (Å²) in [5.41, 5.74) is 1.82. The number of hydrogen-bond donors (Lipinski definition) is 1. The van der Waals surface area contributed by atoms with Crippen LogP contribution < -0.4 is 5.32 Å². The van der Waals surface area contributed by atoms with Gasteiger partial charge < -0.3 is 5.32 Å². The zero-order valence-corrected chi connectivity index (χ0v) is 9.34. The van der Waals surface area contributed by atoms with Gasteiger partial charge in [-0.1, -0.05) is 29.8 Å². The summed E-state index contributed by atoms with van der Waals surface area (Å²) >= 11 is 0. The van der Waals surface area contributed by atoms with Crippen LogP contribution in [0.15, 0.2) is 24.3 Å². The molecule has 1 aliphatic heterocycles. The number of carbonyl (C=O) groups is 1. The molecule has 1 unspecified atom stereocenters. The zero-order chi connectivity index (χ0) is 10.9. The second-order valence-electron chi connectivity index (χ2n) is 4.45.